The third kappa shape index (κ3) is 9.97. The normalized spacial score (nSPS) is 15.6. The fraction of sp³-hybridized carbons (Fsp3) is 1.00. The first-order valence-electron chi connectivity index (χ1n) is 5.49. The van der Waals surface area contributed by atoms with Crippen molar-refractivity contribution in [2.75, 3.05) is 6.54 Å². The van der Waals surface area contributed by atoms with E-state index in [1.165, 1.54) is 0 Å². The molecule has 1 atom stereocenters. The van der Waals surface area contributed by atoms with Gasteiger partial charge in [0.2, 0.25) is 0 Å². The van der Waals surface area contributed by atoms with Gasteiger partial charge in [0.05, 0.1) is 0 Å². The smallest absolute Gasteiger partial charge is 0.102 e. The monoisotopic (exact) mass is 203 g/mol. The maximum absolute atomic E-state index is 13.4. The zero-order valence-electron chi connectivity index (χ0n) is 10.6. The van der Waals surface area contributed by atoms with E-state index in [0.29, 0.717) is 12.8 Å². The molecule has 0 amide bonds. The summed E-state index contributed by atoms with van der Waals surface area (Å²) in [4.78, 5) is 0. The van der Waals surface area contributed by atoms with E-state index >= 15 is 0 Å². The number of halogens is 1. The number of alkyl halides is 1. The molecule has 0 aliphatic carbocycles. The van der Waals surface area contributed by atoms with Crippen LogP contribution in [0.3, 0.4) is 0 Å². The first-order valence-corrected chi connectivity index (χ1v) is 5.49. The molecular weight excluding hydrogens is 177 g/mol. The SMILES string of the molecule is CC(C)(C)CC(F)CCNC(C)(C)C. The highest BCUT2D eigenvalue weighted by atomic mass is 19.1. The third-order valence-electron chi connectivity index (χ3n) is 1.95. The van der Waals surface area contributed by atoms with Crippen molar-refractivity contribution in [2.45, 2.75) is 66.1 Å². The van der Waals surface area contributed by atoms with Crippen LogP contribution in [0.25, 0.3) is 0 Å². The molecule has 0 aliphatic heterocycles. The van der Waals surface area contributed by atoms with Crippen LogP contribution < -0.4 is 5.32 Å². The van der Waals surface area contributed by atoms with Crippen molar-refractivity contribution in [3.05, 3.63) is 0 Å². The molecule has 0 radical (unpaired) electrons. The molecule has 0 rings (SSSR count). The summed E-state index contributed by atoms with van der Waals surface area (Å²) < 4.78 is 13.4. The van der Waals surface area contributed by atoms with Crippen LogP contribution in [-0.4, -0.2) is 18.3 Å². The van der Waals surface area contributed by atoms with E-state index in [1.54, 1.807) is 0 Å². The zero-order valence-corrected chi connectivity index (χ0v) is 10.6. The summed E-state index contributed by atoms with van der Waals surface area (Å²) >= 11 is 0. The van der Waals surface area contributed by atoms with Crippen LogP contribution in [0, 0.1) is 5.41 Å². The Morgan fingerprint density at radius 1 is 1.07 bits per heavy atom. The van der Waals surface area contributed by atoms with Gasteiger partial charge >= 0.3 is 0 Å². The molecule has 0 aliphatic rings. The molecule has 86 valence electrons. The van der Waals surface area contributed by atoms with E-state index < -0.39 is 6.17 Å². The lowest BCUT2D eigenvalue weighted by Crippen LogP contribution is -2.37. The van der Waals surface area contributed by atoms with Crippen molar-refractivity contribution >= 4 is 0 Å². The largest absolute Gasteiger partial charge is 0.312 e. The second kappa shape index (κ2) is 5.11. The minimum atomic E-state index is -0.676. The summed E-state index contributed by atoms with van der Waals surface area (Å²) in [6.07, 6.45) is 0.595. The van der Waals surface area contributed by atoms with Crippen molar-refractivity contribution in [2.24, 2.45) is 5.41 Å². The van der Waals surface area contributed by atoms with Crippen molar-refractivity contribution in [1.82, 2.24) is 5.32 Å². The molecule has 1 unspecified atom stereocenters. The van der Waals surface area contributed by atoms with Crippen molar-refractivity contribution < 1.29 is 4.39 Å². The second-order valence-electron chi connectivity index (χ2n) is 6.33. The highest BCUT2D eigenvalue weighted by Crippen LogP contribution is 2.23. The van der Waals surface area contributed by atoms with E-state index in [4.69, 9.17) is 0 Å². The molecule has 14 heavy (non-hydrogen) atoms. The molecule has 0 fully saturated rings. The topological polar surface area (TPSA) is 12.0 Å². The van der Waals surface area contributed by atoms with Gasteiger partial charge in [0.1, 0.15) is 6.17 Å². The maximum Gasteiger partial charge on any atom is 0.102 e. The number of hydrogen-bond donors (Lipinski definition) is 1. The fourth-order valence-corrected chi connectivity index (χ4v) is 1.37. The maximum atomic E-state index is 13.4. The summed E-state index contributed by atoms with van der Waals surface area (Å²) in [5, 5.41) is 3.30. The van der Waals surface area contributed by atoms with Gasteiger partial charge in [-0.05, 0) is 45.6 Å². The molecule has 1 N–H and O–H groups in total. The number of rotatable bonds is 4. The molecule has 0 bridgehead atoms. The Bertz CT molecular complexity index is 153. The number of nitrogens with one attached hydrogen (secondary N) is 1. The fourth-order valence-electron chi connectivity index (χ4n) is 1.37. The minimum Gasteiger partial charge on any atom is -0.312 e. The van der Waals surface area contributed by atoms with E-state index in [-0.39, 0.29) is 11.0 Å². The van der Waals surface area contributed by atoms with Gasteiger partial charge < -0.3 is 5.32 Å². The average molecular weight is 203 g/mol. The molecule has 0 heterocycles. The van der Waals surface area contributed by atoms with Gasteiger partial charge in [-0.2, -0.15) is 0 Å². The summed E-state index contributed by atoms with van der Waals surface area (Å²) in [5.74, 6) is 0. The molecule has 0 saturated heterocycles. The molecule has 0 saturated carbocycles. The van der Waals surface area contributed by atoms with Crippen LogP contribution in [0.15, 0.2) is 0 Å². The molecular formula is C12H26FN. The Labute approximate surface area is 88.5 Å². The molecule has 0 spiro atoms. The predicted octanol–water partition coefficient (Wildman–Crippen LogP) is 3.54. The van der Waals surface area contributed by atoms with Crippen LogP contribution >= 0.6 is 0 Å². The highest BCUT2D eigenvalue weighted by molar-refractivity contribution is 4.73. The van der Waals surface area contributed by atoms with Gasteiger partial charge in [0, 0.05) is 5.54 Å². The molecule has 2 heteroatoms. The van der Waals surface area contributed by atoms with Crippen molar-refractivity contribution in [1.29, 1.82) is 0 Å². The number of hydrogen-bond acceptors (Lipinski definition) is 1. The molecule has 1 nitrogen and oxygen atoms in total. The lowest BCUT2D eigenvalue weighted by molar-refractivity contribution is 0.208. The Kier molecular flexibility index (Phi) is 5.07. The Morgan fingerprint density at radius 2 is 1.57 bits per heavy atom. The summed E-state index contributed by atoms with van der Waals surface area (Å²) in [6, 6.07) is 0. The van der Waals surface area contributed by atoms with Crippen LogP contribution in [0.1, 0.15) is 54.4 Å². The van der Waals surface area contributed by atoms with Crippen LogP contribution in [-0.2, 0) is 0 Å². The minimum absolute atomic E-state index is 0.0984. The van der Waals surface area contributed by atoms with E-state index in [1.807, 2.05) is 0 Å². The van der Waals surface area contributed by atoms with Gasteiger partial charge in [-0.15, -0.1) is 0 Å². The molecule has 0 aromatic heterocycles. The van der Waals surface area contributed by atoms with Crippen LogP contribution in [0.2, 0.25) is 0 Å². The molecule has 0 aromatic rings. The third-order valence-corrected chi connectivity index (χ3v) is 1.95. The Morgan fingerprint density at radius 3 is 1.93 bits per heavy atom. The van der Waals surface area contributed by atoms with Gasteiger partial charge in [-0.3, -0.25) is 0 Å². The van der Waals surface area contributed by atoms with E-state index in [2.05, 4.69) is 46.9 Å². The lowest BCUT2D eigenvalue weighted by Gasteiger charge is -2.24. The van der Waals surface area contributed by atoms with Gasteiger partial charge in [-0.25, -0.2) is 4.39 Å². The second-order valence-corrected chi connectivity index (χ2v) is 6.33. The summed E-state index contributed by atoms with van der Waals surface area (Å²) in [7, 11) is 0. The van der Waals surface area contributed by atoms with E-state index in [0.717, 1.165) is 6.54 Å². The van der Waals surface area contributed by atoms with E-state index in [9.17, 15) is 4.39 Å². The molecule has 0 aromatic carbocycles. The lowest BCUT2D eigenvalue weighted by atomic mass is 9.89. The van der Waals surface area contributed by atoms with Crippen molar-refractivity contribution in [3.63, 3.8) is 0 Å². The first-order chi connectivity index (χ1) is 6.10. The summed E-state index contributed by atoms with van der Waals surface area (Å²) in [6.45, 7) is 13.3. The van der Waals surface area contributed by atoms with Gasteiger partial charge in [-0.1, -0.05) is 20.8 Å². The van der Waals surface area contributed by atoms with Crippen molar-refractivity contribution in [3.8, 4) is 0 Å². The summed E-state index contributed by atoms with van der Waals surface area (Å²) in [5.41, 5.74) is 0.197. The van der Waals surface area contributed by atoms with Crippen LogP contribution in [0.4, 0.5) is 4.39 Å². The zero-order chi connectivity index (χ0) is 11.4. The highest BCUT2D eigenvalue weighted by Gasteiger charge is 2.18. The first kappa shape index (κ1) is 13.9. The Hall–Kier alpha value is -0.110. The van der Waals surface area contributed by atoms with Gasteiger partial charge in [0.15, 0.2) is 0 Å². The quantitative estimate of drug-likeness (QED) is 0.737. The van der Waals surface area contributed by atoms with Gasteiger partial charge in [0.25, 0.3) is 0 Å². The van der Waals surface area contributed by atoms with Crippen LogP contribution in [0.5, 0.6) is 0 Å². The Balaban J connectivity index is 3.60. The predicted molar refractivity (Wildman–Crippen MR) is 61.3 cm³/mol. The standard InChI is InChI=1S/C12H26FN/c1-11(2,3)9-10(13)7-8-14-12(4,5)6/h10,14H,7-9H2,1-6H3. The average Bonchev–Trinajstić information content (AvgIpc) is 1.78.